The predicted octanol–water partition coefficient (Wildman–Crippen LogP) is 2.71. The smallest absolute Gasteiger partial charge is 0.257 e. The van der Waals surface area contributed by atoms with Crippen LogP contribution < -0.4 is 5.32 Å². The zero-order chi connectivity index (χ0) is 13.2. The molecule has 0 atom stereocenters. The lowest BCUT2D eigenvalue weighted by Crippen LogP contribution is -2.12. The van der Waals surface area contributed by atoms with Crippen LogP contribution in [0.3, 0.4) is 0 Å². The largest absolute Gasteiger partial charge is 0.321 e. The van der Waals surface area contributed by atoms with Crippen LogP contribution in [-0.2, 0) is 0 Å². The molecule has 3 aromatic heterocycles. The Labute approximate surface area is 122 Å². The van der Waals surface area contributed by atoms with Crippen LogP contribution in [0.2, 0.25) is 0 Å². The van der Waals surface area contributed by atoms with Crippen molar-refractivity contribution in [3.05, 3.63) is 60.3 Å². The number of hydrogen-bond donors (Lipinski definition) is 1. The number of carbonyl (C=O) groups is 1. The molecule has 0 aliphatic carbocycles. The van der Waals surface area contributed by atoms with Crippen LogP contribution in [0.4, 0.5) is 5.69 Å². The van der Waals surface area contributed by atoms with E-state index in [0.29, 0.717) is 5.56 Å². The fourth-order valence-electron chi connectivity index (χ4n) is 1.89. The number of aromatic nitrogens is 3. The van der Waals surface area contributed by atoms with Crippen molar-refractivity contribution in [3.63, 3.8) is 0 Å². The van der Waals surface area contributed by atoms with Gasteiger partial charge in [-0.05, 0) is 31.2 Å². The molecule has 0 saturated carbocycles. The fourth-order valence-corrected chi connectivity index (χ4v) is 1.89. The number of amides is 1. The second-order valence-corrected chi connectivity index (χ2v) is 4.26. The topological polar surface area (TPSA) is 59.3 Å². The van der Waals surface area contributed by atoms with Gasteiger partial charge in [0.2, 0.25) is 0 Å². The number of aryl methyl sites for hydroxylation is 1. The molecule has 20 heavy (non-hydrogen) atoms. The van der Waals surface area contributed by atoms with E-state index in [1.807, 2.05) is 35.9 Å². The minimum Gasteiger partial charge on any atom is -0.321 e. The summed E-state index contributed by atoms with van der Waals surface area (Å²) in [6.45, 7) is 1.93. The summed E-state index contributed by atoms with van der Waals surface area (Å²) in [5.41, 5.74) is 3.05. The van der Waals surface area contributed by atoms with Crippen molar-refractivity contribution in [2.75, 3.05) is 5.32 Å². The molecule has 0 unspecified atom stereocenters. The second kappa shape index (κ2) is 5.71. The number of imidazole rings is 1. The highest BCUT2D eigenvalue weighted by Gasteiger charge is 2.06. The first kappa shape index (κ1) is 14.0. The van der Waals surface area contributed by atoms with Crippen LogP contribution in [0.25, 0.3) is 5.65 Å². The number of carbonyl (C=O) groups excluding carboxylic acids is 1. The zero-order valence-corrected chi connectivity index (χ0v) is 11.6. The van der Waals surface area contributed by atoms with Crippen LogP contribution in [0.15, 0.2) is 49.1 Å². The lowest BCUT2D eigenvalue weighted by atomic mass is 10.2. The molecule has 3 aromatic rings. The van der Waals surface area contributed by atoms with Gasteiger partial charge in [0.15, 0.2) is 0 Å². The molecular formula is C14H13ClN4O. The van der Waals surface area contributed by atoms with Gasteiger partial charge in [0.05, 0.1) is 16.9 Å². The first-order valence-electron chi connectivity index (χ1n) is 5.89. The molecule has 0 fully saturated rings. The van der Waals surface area contributed by atoms with Crippen LogP contribution in [-0.4, -0.2) is 20.3 Å². The Morgan fingerprint density at radius 1 is 1.25 bits per heavy atom. The van der Waals surface area contributed by atoms with E-state index >= 15 is 0 Å². The van der Waals surface area contributed by atoms with Crippen molar-refractivity contribution >= 4 is 29.6 Å². The molecule has 0 spiro atoms. The molecule has 0 radical (unpaired) electrons. The van der Waals surface area contributed by atoms with Gasteiger partial charge in [0, 0.05) is 24.8 Å². The van der Waals surface area contributed by atoms with Crippen molar-refractivity contribution < 1.29 is 4.79 Å². The van der Waals surface area contributed by atoms with Gasteiger partial charge in [0.1, 0.15) is 5.65 Å². The van der Waals surface area contributed by atoms with E-state index in [4.69, 9.17) is 0 Å². The maximum atomic E-state index is 12.0. The first-order chi connectivity index (χ1) is 9.22. The Morgan fingerprint density at radius 3 is 2.85 bits per heavy atom. The summed E-state index contributed by atoms with van der Waals surface area (Å²) in [4.78, 5) is 20.2. The van der Waals surface area contributed by atoms with Gasteiger partial charge in [-0.25, -0.2) is 4.98 Å². The van der Waals surface area contributed by atoms with Gasteiger partial charge in [-0.2, -0.15) is 0 Å². The fraction of sp³-hybridized carbons (Fsp3) is 0.0714. The minimum atomic E-state index is -0.177. The number of pyridine rings is 2. The minimum absolute atomic E-state index is 0. The molecule has 102 valence electrons. The molecule has 0 bridgehead atoms. The Balaban J connectivity index is 0.00000147. The van der Waals surface area contributed by atoms with Gasteiger partial charge >= 0.3 is 0 Å². The molecule has 3 rings (SSSR count). The lowest BCUT2D eigenvalue weighted by molar-refractivity contribution is 0.102. The molecule has 6 heteroatoms. The molecular weight excluding hydrogens is 276 g/mol. The van der Waals surface area contributed by atoms with Gasteiger partial charge < -0.3 is 9.72 Å². The number of hydrogen-bond acceptors (Lipinski definition) is 3. The molecule has 1 N–H and O–H groups in total. The zero-order valence-electron chi connectivity index (χ0n) is 10.8. The number of rotatable bonds is 2. The third-order valence-corrected chi connectivity index (χ3v) is 2.75. The van der Waals surface area contributed by atoms with Gasteiger partial charge in [0.25, 0.3) is 5.91 Å². The normalized spacial score (nSPS) is 10.1. The first-order valence-corrected chi connectivity index (χ1v) is 5.89. The van der Waals surface area contributed by atoms with E-state index in [9.17, 15) is 4.79 Å². The summed E-state index contributed by atoms with van der Waals surface area (Å²) < 4.78 is 1.88. The van der Waals surface area contributed by atoms with Gasteiger partial charge in [-0.3, -0.25) is 9.78 Å². The molecule has 0 aliphatic heterocycles. The molecule has 0 aliphatic rings. The molecule has 5 nitrogen and oxygen atoms in total. The number of halogens is 1. The van der Waals surface area contributed by atoms with Crippen molar-refractivity contribution in [3.8, 4) is 0 Å². The average molecular weight is 289 g/mol. The van der Waals surface area contributed by atoms with E-state index in [-0.39, 0.29) is 18.3 Å². The van der Waals surface area contributed by atoms with Crippen LogP contribution in [0.5, 0.6) is 0 Å². The van der Waals surface area contributed by atoms with Crippen molar-refractivity contribution in [2.24, 2.45) is 0 Å². The van der Waals surface area contributed by atoms with Gasteiger partial charge in [-0.15, -0.1) is 12.4 Å². The molecule has 0 aromatic carbocycles. The van der Waals surface area contributed by atoms with Crippen molar-refractivity contribution in [2.45, 2.75) is 6.92 Å². The SMILES string of the molecule is Cc1cn2cc(NC(=O)c3cccnc3)ccc2n1.Cl. The molecule has 1 amide bonds. The summed E-state index contributed by atoms with van der Waals surface area (Å²) in [7, 11) is 0. The maximum absolute atomic E-state index is 12.0. The second-order valence-electron chi connectivity index (χ2n) is 4.26. The lowest BCUT2D eigenvalue weighted by Gasteiger charge is -2.05. The molecule has 0 saturated heterocycles. The standard InChI is InChI=1S/C14H12N4O.ClH/c1-10-8-18-9-12(4-5-13(18)16-10)17-14(19)11-3-2-6-15-7-11;/h2-9H,1H3,(H,17,19);1H. The number of anilines is 1. The van der Waals surface area contributed by atoms with Crippen molar-refractivity contribution in [1.29, 1.82) is 0 Å². The quantitative estimate of drug-likeness (QED) is 0.789. The molecule has 3 heterocycles. The van der Waals surface area contributed by atoms with E-state index in [1.165, 1.54) is 6.20 Å². The van der Waals surface area contributed by atoms with E-state index < -0.39 is 0 Å². The van der Waals surface area contributed by atoms with Crippen molar-refractivity contribution in [1.82, 2.24) is 14.4 Å². The number of nitrogens with one attached hydrogen (secondary N) is 1. The van der Waals surface area contributed by atoms with E-state index in [2.05, 4.69) is 15.3 Å². The highest BCUT2D eigenvalue weighted by Crippen LogP contribution is 2.12. The third kappa shape index (κ3) is 2.78. The predicted molar refractivity (Wildman–Crippen MR) is 79.4 cm³/mol. The highest BCUT2D eigenvalue weighted by atomic mass is 35.5. The van der Waals surface area contributed by atoms with E-state index in [1.54, 1.807) is 18.3 Å². The number of fused-ring (bicyclic) bond motifs is 1. The van der Waals surface area contributed by atoms with Crippen LogP contribution in [0.1, 0.15) is 16.1 Å². The summed E-state index contributed by atoms with van der Waals surface area (Å²) in [6.07, 6.45) is 6.92. The van der Waals surface area contributed by atoms with Crippen LogP contribution >= 0.6 is 12.4 Å². The average Bonchev–Trinajstić information content (AvgIpc) is 2.79. The van der Waals surface area contributed by atoms with E-state index in [0.717, 1.165) is 17.0 Å². The summed E-state index contributed by atoms with van der Waals surface area (Å²) >= 11 is 0. The number of nitrogens with zero attached hydrogens (tertiary/aromatic N) is 3. The van der Waals surface area contributed by atoms with Gasteiger partial charge in [-0.1, -0.05) is 0 Å². The Kier molecular flexibility index (Phi) is 4.00. The Morgan fingerprint density at radius 2 is 2.10 bits per heavy atom. The summed E-state index contributed by atoms with van der Waals surface area (Å²) in [5.74, 6) is -0.177. The Hall–Kier alpha value is -2.40. The van der Waals surface area contributed by atoms with Crippen LogP contribution in [0, 0.1) is 6.92 Å². The highest BCUT2D eigenvalue weighted by molar-refractivity contribution is 6.03. The monoisotopic (exact) mass is 288 g/mol. The summed E-state index contributed by atoms with van der Waals surface area (Å²) in [5, 5.41) is 2.83. The summed E-state index contributed by atoms with van der Waals surface area (Å²) in [6, 6.07) is 7.15. The third-order valence-electron chi connectivity index (χ3n) is 2.75. The Bertz CT molecular complexity index is 739. The maximum Gasteiger partial charge on any atom is 0.257 e.